The van der Waals surface area contributed by atoms with E-state index in [4.69, 9.17) is 14.7 Å². The molecule has 5 heterocycles. The molecule has 6 N–H and O–H groups in total. The van der Waals surface area contributed by atoms with Gasteiger partial charge in [-0.1, -0.05) is 27.7 Å². The van der Waals surface area contributed by atoms with Crippen LogP contribution in [-0.2, 0) is 23.7 Å². The van der Waals surface area contributed by atoms with Crippen molar-refractivity contribution in [3.8, 4) is 28.0 Å². The van der Waals surface area contributed by atoms with Crippen LogP contribution in [0.3, 0.4) is 0 Å². The highest BCUT2D eigenvalue weighted by molar-refractivity contribution is 6.00. The minimum Gasteiger partial charge on any atom is -0.493 e. The highest BCUT2D eigenvalue weighted by atomic mass is 16.5. The summed E-state index contributed by atoms with van der Waals surface area (Å²) in [4.78, 5) is 65.1. The van der Waals surface area contributed by atoms with Gasteiger partial charge in [0.1, 0.15) is 0 Å². The molecule has 0 unspecified atom stereocenters. The molecule has 0 aliphatic carbocycles. The second kappa shape index (κ2) is 12.7. The van der Waals surface area contributed by atoms with Gasteiger partial charge in [0.2, 0.25) is 0 Å². The molecule has 54 heavy (non-hydrogen) atoms. The normalized spacial score (nSPS) is 14.4. The van der Waals surface area contributed by atoms with Crippen molar-refractivity contribution in [2.45, 2.75) is 51.4 Å². The molecule has 2 aliphatic rings. The first-order chi connectivity index (χ1) is 25.4. The minimum absolute atomic E-state index is 0.160. The van der Waals surface area contributed by atoms with Gasteiger partial charge in [-0.05, 0) is 77.9 Å². The average Bonchev–Trinajstić information content (AvgIpc) is 3.84. The average molecular weight is 729 g/mol. The lowest BCUT2D eigenvalue weighted by Gasteiger charge is -2.16. The number of fused-ring (bicyclic) bond motifs is 8. The predicted molar refractivity (Wildman–Crippen MR) is 200 cm³/mol. The lowest BCUT2D eigenvalue weighted by molar-refractivity contribution is 0.0676. The van der Waals surface area contributed by atoms with Crippen LogP contribution in [0.25, 0.3) is 44.3 Å². The third-order valence-corrected chi connectivity index (χ3v) is 9.91. The Labute approximate surface area is 308 Å². The van der Waals surface area contributed by atoms with Gasteiger partial charge in [0.25, 0.3) is 0 Å². The maximum atomic E-state index is 12.1. The number of carboxylic acids is 4. The lowest BCUT2D eigenvalue weighted by atomic mass is 9.86. The molecule has 274 valence electrons. The first-order valence-electron chi connectivity index (χ1n) is 17.0. The molecule has 0 radical (unpaired) electrons. The zero-order valence-electron chi connectivity index (χ0n) is 30.0. The number of nitrogens with one attached hydrogen (secondary N) is 2. The van der Waals surface area contributed by atoms with Gasteiger partial charge in [0.15, 0.2) is 5.75 Å². The Bertz CT molecular complexity index is 2570. The fraction of sp³-hybridized carbons (Fsp3) is 0.220. The van der Waals surface area contributed by atoms with Crippen LogP contribution in [0.1, 0.15) is 91.9 Å². The van der Waals surface area contributed by atoms with E-state index in [9.17, 15) is 39.6 Å². The van der Waals surface area contributed by atoms with Crippen LogP contribution in [0.4, 0.5) is 0 Å². The van der Waals surface area contributed by atoms with Crippen LogP contribution >= 0.6 is 0 Å². The summed E-state index contributed by atoms with van der Waals surface area (Å²) in [5, 5.41) is 39.3. The number of hydrogen-bond donors (Lipinski definition) is 6. The number of methoxy groups -OCH3 is 1. The van der Waals surface area contributed by atoms with Crippen molar-refractivity contribution in [2.24, 2.45) is 0 Å². The van der Waals surface area contributed by atoms with Crippen LogP contribution in [0.5, 0.6) is 5.75 Å². The van der Waals surface area contributed by atoms with Crippen molar-refractivity contribution in [3.05, 3.63) is 112 Å². The van der Waals surface area contributed by atoms with Crippen molar-refractivity contribution < 1.29 is 44.3 Å². The molecule has 0 fully saturated rings. The van der Waals surface area contributed by atoms with Gasteiger partial charge < -0.3 is 35.1 Å². The SMILES string of the molecule is COc1c2nc(cc3cc(-c4cc(C(=O)O)cc(C(=O)O)c4)c(cc4nc(cc5cc(-c6cc(C(=O)O)cc(C(=O)O)c6)c1[nH]5)C(C)(C)C4)[nH]3)C(C)(C)C2. The number of benzene rings is 2. The van der Waals surface area contributed by atoms with E-state index in [2.05, 4.69) is 9.97 Å². The Morgan fingerprint density at radius 2 is 1.06 bits per heavy atom. The Morgan fingerprint density at radius 3 is 1.57 bits per heavy atom. The standard InChI is InChI=1S/C41H36N4O9/c1-40(2)17-27-14-30-28(19-6-21(36(46)47)10-22(7-19)37(48)49)12-25(42-30)15-33-41(3,4)18-31(45-33)35(54-5)34-29(13-26(44-34)16-32(40)43-27)20-8-23(38(50)51)11-24(9-20)39(52)53/h6-16,42,44H,17-18H2,1-5H3,(H,46,47)(H,48,49)(H,50,51)(H,52,53). The molecule has 13 heteroatoms. The second-order valence-corrected chi connectivity index (χ2v) is 14.9. The Hall–Kier alpha value is -6.76. The van der Waals surface area contributed by atoms with Crippen molar-refractivity contribution >= 4 is 45.9 Å². The molecule has 8 bridgehead atoms. The number of rotatable bonds is 7. The third-order valence-electron chi connectivity index (χ3n) is 9.91. The van der Waals surface area contributed by atoms with E-state index < -0.39 is 34.7 Å². The highest BCUT2D eigenvalue weighted by Gasteiger charge is 2.32. The number of aromatic carboxylic acids is 4. The van der Waals surface area contributed by atoms with E-state index in [0.29, 0.717) is 80.0 Å². The third kappa shape index (κ3) is 6.44. The van der Waals surface area contributed by atoms with Crippen LogP contribution in [0.15, 0.2) is 66.7 Å². The van der Waals surface area contributed by atoms with E-state index in [0.717, 1.165) is 17.8 Å². The quantitative estimate of drug-likeness (QED) is 0.0965. The minimum atomic E-state index is -1.27. The molecular formula is C41H36N4O9. The van der Waals surface area contributed by atoms with Gasteiger partial charge in [0.05, 0.1) is 40.6 Å². The molecule has 0 spiro atoms. The van der Waals surface area contributed by atoms with Gasteiger partial charge in [-0.25, -0.2) is 19.2 Å². The Morgan fingerprint density at radius 1 is 0.593 bits per heavy atom. The number of H-pyrrole nitrogens is 2. The summed E-state index contributed by atoms with van der Waals surface area (Å²) in [5.41, 5.74) is 5.26. The highest BCUT2D eigenvalue weighted by Crippen LogP contribution is 2.41. The van der Waals surface area contributed by atoms with Gasteiger partial charge in [-0.15, -0.1) is 0 Å². The number of nitrogens with zero attached hydrogens (tertiary/aromatic N) is 2. The zero-order valence-corrected chi connectivity index (χ0v) is 30.0. The molecule has 7 rings (SSSR count). The molecule has 3 aromatic heterocycles. The van der Waals surface area contributed by atoms with Crippen LogP contribution in [-0.4, -0.2) is 71.3 Å². The first-order valence-corrected chi connectivity index (χ1v) is 17.0. The molecule has 0 saturated carbocycles. The maximum Gasteiger partial charge on any atom is 0.335 e. The molecular weight excluding hydrogens is 692 g/mol. The largest absolute Gasteiger partial charge is 0.493 e. The van der Waals surface area contributed by atoms with Gasteiger partial charge in [-0.3, -0.25) is 9.97 Å². The maximum absolute atomic E-state index is 12.1. The number of aromatic amines is 2. The second-order valence-electron chi connectivity index (χ2n) is 14.9. The summed E-state index contributed by atoms with van der Waals surface area (Å²) in [6.45, 7) is 8.14. The fourth-order valence-corrected chi connectivity index (χ4v) is 7.17. The molecule has 2 aliphatic heterocycles. The Kier molecular flexibility index (Phi) is 8.40. The number of aromatic nitrogens is 4. The van der Waals surface area contributed by atoms with E-state index in [1.807, 2.05) is 52.0 Å². The first kappa shape index (κ1) is 35.6. The molecule has 0 saturated heterocycles. The van der Waals surface area contributed by atoms with E-state index in [-0.39, 0.29) is 22.3 Å². The summed E-state index contributed by atoms with van der Waals surface area (Å²) < 4.78 is 6.04. The summed E-state index contributed by atoms with van der Waals surface area (Å²) >= 11 is 0. The topological polar surface area (TPSA) is 216 Å². The number of carbonyl (C=O) groups is 4. The molecule has 13 nitrogen and oxygen atoms in total. The van der Waals surface area contributed by atoms with E-state index in [1.54, 1.807) is 6.07 Å². The molecule has 5 aromatic rings. The number of ether oxygens (including phenoxy) is 1. The fourth-order valence-electron chi connectivity index (χ4n) is 7.17. The van der Waals surface area contributed by atoms with Crippen molar-refractivity contribution in [1.82, 2.24) is 19.9 Å². The molecule has 2 aromatic carbocycles. The smallest absolute Gasteiger partial charge is 0.335 e. The van der Waals surface area contributed by atoms with Gasteiger partial charge >= 0.3 is 23.9 Å². The van der Waals surface area contributed by atoms with Crippen molar-refractivity contribution in [1.29, 1.82) is 0 Å². The number of hydrogen-bond acceptors (Lipinski definition) is 7. The zero-order chi connectivity index (χ0) is 38.9. The predicted octanol–water partition coefficient (Wildman–Crippen LogP) is 7.49. The van der Waals surface area contributed by atoms with Gasteiger partial charge in [-0.2, -0.15) is 0 Å². The van der Waals surface area contributed by atoms with Crippen molar-refractivity contribution in [2.75, 3.05) is 7.11 Å². The summed E-state index contributed by atoms with van der Waals surface area (Å²) in [5.74, 6) is -4.65. The van der Waals surface area contributed by atoms with Crippen LogP contribution < -0.4 is 4.74 Å². The van der Waals surface area contributed by atoms with Crippen molar-refractivity contribution in [3.63, 3.8) is 0 Å². The van der Waals surface area contributed by atoms with Gasteiger partial charge in [0, 0.05) is 68.4 Å². The van der Waals surface area contributed by atoms with E-state index in [1.165, 1.54) is 31.4 Å². The summed E-state index contributed by atoms with van der Waals surface area (Å²) in [6, 6.07) is 17.3. The van der Waals surface area contributed by atoms with E-state index >= 15 is 0 Å². The Balaban J connectivity index is 1.59. The van der Waals surface area contributed by atoms with Crippen LogP contribution in [0, 0.1) is 0 Å². The molecule has 0 atom stereocenters. The van der Waals surface area contributed by atoms with Crippen LogP contribution in [0.2, 0.25) is 0 Å². The lowest BCUT2D eigenvalue weighted by Crippen LogP contribution is -2.15. The summed E-state index contributed by atoms with van der Waals surface area (Å²) in [7, 11) is 1.51. The number of carboxylic acid groups (broad SMARTS) is 4. The monoisotopic (exact) mass is 728 g/mol. The molecule has 0 amide bonds. The summed E-state index contributed by atoms with van der Waals surface area (Å²) in [6.07, 6.45) is 0.976.